The molecule has 1 N–H and O–H groups in total. The molecule has 0 bridgehead atoms. The van der Waals surface area contributed by atoms with Gasteiger partial charge in [-0.05, 0) is 18.1 Å². The molecule has 0 spiro atoms. The summed E-state index contributed by atoms with van der Waals surface area (Å²) in [6.07, 6.45) is 4.08. The van der Waals surface area contributed by atoms with E-state index in [0.29, 0.717) is 6.42 Å². The van der Waals surface area contributed by atoms with Crippen LogP contribution in [0.1, 0.15) is 11.1 Å². The zero-order chi connectivity index (χ0) is 10.8. The van der Waals surface area contributed by atoms with Crippen LogP contribution in [-0.2, 0) is 11.2 Å². The van der Waals surface area contributed by atoms with Crippen LogP contribution in [0.3, 0.4) is 0 Å². The molecule has 0 fully saturated rings. The van der Waals surface area contributed by atoms with Crippen LogP contribution in [0.15, 0.2) is 24.3 Å². The van der Waals surface area contributed by atoms with Gasteiger partial charge in [0.15, 0.2) is 0 Å². The molecule has 0 amide bonds. The minimum absolute atomic E-state index is 0.436. The molecular weight excluding hydrogens is 192 g/mol. The number of hydrogen-bond acceptors (Lipinski definition) is 2. The largest absolute Gasteiger partial charge is 0.496 e. The first kappa shape index (κ1) is 9.77. The molecule has 15 heavy (non-hydrogen) atoms. The average Bonchev–Trinajstić information content (AvgIpc) is 2.27. The Bertz CT molecular complexity index is 421. The normalized spacial score (nSPS) is 18.3. The molecule has 3 heteroatoms. The molecule has 0 radical (unpaired) electrons. The average molecular weight is 204 g/mol. The number of carboxylic acids is 1. The van der Waals surface area contributed by atoms with E-state index in [4.69, 9.17) is 9.84 Å². The molecule has 0 saturated carbocycles. The summed E-state index contributed by atoms with van der Waals surface area (Å²) < 4.78 is 5.21. The summed E-state index contributed by atoms with van der Waals surface area (Å²) in [7, 11) is 1.60. The van der Waals surface area contributed by atoms with E-state index >= 15 is 0 Å². The quantitative estimate of drug-likeness (QED) is 0.801. The van der Waals surface area contributed by atoms with Gasteiger partial charge in [-0.25, -0.2) is 0 Å². The Labute approximate surface area is 88.0 Å². The molecule has 0 aliphatic heterocycles. The zero-order valence-electron chi connectivity index (χ0n) is 8.43. The van der Waals surface area contributed by atoms with E-state index in [1.807, 2.05) is 24.3 Å². The van der Waals surface area contributed by atoms with E-state index in [1.54, 1.807) is 13.2 Å². The maximum Gasteiger partial charge on any atom is 0.310 e. The van der Waals surface area contributed by atoms with Crippen LogP contribution >= 0.6 is 0 Å². The van der Waals surface area contributed by atoms with Gasteiger partial charge in [-0.1, -0.05) is 24.3 Å². The number of rotatable bonds is 2. The van der Waals surface area contributed by atoms with Gasteiger partial charge in [0, 0.05) is 5.56 Å². The summed E-state index contributed by atoms with van der Waals surface area (Å²) in [6.45, 7) is 0. The Morgan fingerprint density at radius 3 is 3.00 bits per heavy atom. The highest BCUT2D eigenvalue weighted by Gasteiger charge is 2.22. The number of carboxylic acid groups (broad SMARTS) is 1. The predicted molar refractivity (Wildman–Crippen MR) is 56.9 cm³/mol. The van der Waals surface area contributed by atoms with Gasteiger partial charge in [0.05, 0.1) is 13.0 Å². The molecule has 3 nitrogen and oxygen atoms in total. The van der Waals surface area contributed by atoms with Gasteiger partial charge in [-0.2, -0.15) is 0 Å². The lowest BCUT2D eigenvalue weighted by atomic mass is 9.89. The van der Waals surface area contributed by atoms with Gasteiger partial charge in [-0.15, -0.1) is 0 Å². The van der Waals surface area contributed by atoms with Crippen molar-refractivity contribution in [2.45, 2.75) is 6.42 Å². The number of methoxy groups -OCH3 is 1. The standard InChI is InChI=1S/C12H12O3/c1-15-11-4-2-3-8-5-6-9(12(13)14)7-10(8)11/h2-6,9H,7H2,1H3,(H,13,14). The molecule has 2 rings (SSSR count). The second-order valence-electron chi connectivity index (χ2n) is 3.54. The molecule has 1 aromatic rings. The third-order valence-corrected chi connectivity index (χ3v) is 2.64. The molecule has 0 heterocycles. The van der Waals surface area contributed by atoms with E-state index in [1.165, 1.54) is 0 Å². The van der Waals surface area contributed by atoms with Crippen LogP contribution in [0.25, 0.3) is 6.08 Å². The lowest BCUT2D eigenvalue weighted by molar-refractivity contribution is -0.140. The minimum atomic E-state index is -0.789. The summed E-state index contributed by atoms with van der Waals surface area (Å²) in [5.74, 6) is -0.459. The highest BCUT2D eigenvalue weighted by molar-refractivity contribution is 5.77. The van der Waals surface area contributed by atoms with Crippen LogP contribution in [-0.4, -0.2) is 18.2 Å². The topological polar surface area (TPSA) is 46.5 Å². The SMILES string of the molecule is COc1cccc2c1CC(C(=O)O)C=C2. The number of fused-ring (bicyclic) bond motifs is 1. The van der Waals surface area contributed by atoms with E-state index in [2.05, 4.69) is 0 Å². The summed E-state index contributed by atoms with van der Waals surface area (Å²) in [4.78, 5) is 10.9. The lowest BCUT2D eigenvalue weighted by Gasteiger charge is -2.18. The Balaban J connectivity index is 2.41. The lowest BCUT2D eigenvalue weighted by Crippen LogP contribution is -2.17. The smallest absolute Gasteiger partial charge is 0.310 e. The van der Waals surface area contributed by atoms with Gasteiger partial charge in [0.2, 0.25) is 0 Å². The second kappa shape index (κ2) is 3.77. The molecule has 1 aromatic carbocycles. The third-order valence-electron chi connectivity index (χ3n) is 2.64. The van der Waals surface area contributed by atoms with Crippen molar-refractivity contribution in [2.24, 2.45) is 5.92 Å². The number of hydrogen-bond donors (Lipinski definition) is 1. The molecular formula is C12H12O3. The van der Waals surface area contributed by atoms with Crippen LogP contribution in [0.2, 0.25) is 0 Å². The van der Waals surface area contributed by atoms with Gasteiger partial charge in [0.25, 0.3) is 0 Å². The summed E-state index contributed by atoms with van der Waals surface area (Å²) >= 11 is 0. The monoisotopic (exact) mass is 204 g/mol. The fourth-order valence-electron chi connectivity index (χ4n) is 1.83. The Kier molecular flexibility index (Phi) is 2.46. The summed E-state index contributed by atoms with van der Waals surface area (Å²) in [5.41, 5.74) is 2.03. The Morgan fingerprint density at radius 2 is 2.33 bits per heavy atom. The highest BCUT2D eigenvalue weighted by Crippen LogP contribution is 2.30. The van der Waals surface area contributed by atoms with Gasteiger partial charge in [0.1, 0.15) is 5.75 Å². The van der Waals surface area contributed by atoms with Crippen molar-refractivity contribution in [1.82, 2.24) is 0 Å². The molecule has 1 aliphatic rings. The van der Waals surface area contributed by atoms with Crippen LogP contribution in [0.5, 0.6) is 5.75 Å². The first-order chi connectivity index (χ1) is 7.22. The van der Waals surface area contributed by atoms with Crippen molar-refractivity contribution >= 4 is 12.0 Å². The third kappa shape index (κ3) is 1.73. The fraction of sp³-hybridized carbons (Fsp3) is 0.250. The Hall–Kier alpha value is -1.77. The minimum Gasteiger partial charge on any atom is -0.496 e. The van der Waals surface area contributed by atoms with Crippen LogP contribution < -0.4 is 4.74 Å². The molecule has 0 saturated heterocycles. The zero-order valence-corrected chi connectivity index (χ0v) is 8.43. The number of aliphatic carboxylic acids is 1. The summed E-state index contributed by atoms with van der Waals surface area (Å²) in [5, 5.41) is 8.94. The summed E-state index contributed by atoms with van der Waals surface area (Å²) in [6, 6.07) is 5.73. The number of benzene rings is 1. The van der Waals surface area contributed by atoms with Crippen molar-refractivity contribution < 1.29 is 14.6 Å². The van der Waals surface area contributed by atoms with Crippen LogP contribution in [0.4, 0.5) is 0 Å². The van der Waals surface area contributed by atoms with Crippen molar-refractivity contribution in [3.8, 4) is 5.75 Å². The highest BCUT2D eigenvalue weighted by atomic mass is 16.5. The van der Waals surface area contributed by atoms with Crippen molar-refractivity contribution in [2.75, 3.05) is 7.11 Å². The van der Waals surface area contributed by atoms with Gasteiger partial charge < -0.3 is 9.84 Å². The molecule has 78 valence electrons. The first-order valence-electron chi connectivity index (χ1n) is 4.79. The molecule has 0 aromatic heterocycles. The number of carbonyl (C=O) groups is 1. The number of ether oxygens (including phenoxy) is 1. The van der Waals surface area contributed by atoms with Crippen LogP contribution in [0, 0.1) is 5.92 Å². The second-order valence-corrected chi connectivity index (χ2v) is 3.54. The van der Waals surface area contributed by atoms with E-state index in [-0.39, 0.29) is 0 Å². The first-order valence-corrected chi connectivity index (χ1v) is 4.79. The van der Waals surface area contributed by atoms with Crippen molar-refractivity contribution in [1.29, 1.82) is 0 Å². The molecule has 1 unspecified atom stereocenters. The van der Waals surface area contributed by atoms with Crippen molar-refractivity contribution in [3.63, 3.8) is 0 Å². The maximum atomic E-state index is 10.9. The maximum absolute atomic E-state index is 10.9. The van der Waals surface area contributed by atoms with E-state index < -0.39 is 11.9 Å². The fourth-order valence-corrected chi connectivity index (χ4v) is 1.83. The van der Waals surface area contributed by atoms with Gasteiger partial charge >= 0.3 is 5.97 Å². The van der Waals surface area contributed by atoms with Crippen molar-refractivity contribution in [3.05, 3.63) is 35.4 Å². The predicted octanol–water partition coefficient (Wildman–Crippen LogP) is 1.97. The van der Waals surface area contributed by atoms with Gasteiger partial charge in [-0.3, -0.25) is 4.79 Å². The Morgan fingerprint density at radius 1 is 1.53 bits per heavy atom. The van der Waals surface area contributed by atoms with E-state index in [0.717, 1.165) is 16.9 Å². The van der Waals surface area contributed by atoms with E-state index in [9.17, 15) is 4.79 Å². The molecule has 1 aliphatic carbocycles. The molecule has 1 atom stereocenters.